The Morgan fingerprint density at radius 2 is 1.95 bits per heavy atom. The van der Waals surface area contributed by atoms with Crippen molar-refractivity contribution in [2.75, 3.05) is 13.1 Å². The normalized spacial score (nSPS) is 22.1. The maximum atomic E-state index is 12.7. The van der Waals surface area contributed by atoms with Gasteiger partial charge in [0.15, 0.2) is 0 Å². The second kappa shape index (κ2) is 5.00. The van der Waals surface area contributed by atoms with Crippen molar-refractivity contribution in [3.63, 3.8) is 0 Å². The first-order valence-electron chi connectivity index (χ1n) is 7.65. The molecule has 0 radical (unpaired) electrons. The highest BCUT2D eigenvalue weighted by atomic mass is 16.2. The molecule has 0 spiro atoms. The highest BCUT2D eigenvalue weighted by molar-refractivity contribution is 5.89. The van der Waals surface area contributed by atoms with Crippen LogP contribution in [-0.2, 0) is 22.6 Å². The van der Waals surface area contributed by atoms with Gasteiger partial charge in [-0.05, 0) is 27.2 Å². The Bertz CT molecular complexity index is 667. The van der Waals surface area contributed by atoms with Crippen LogP contribution in [-0.4, -0.2) is 50.4 Å². The smallest absolute Gasteiger partial charge is 0.267 e. The molecule has 1 fully saturated rings. The number of carbonyl (C=O) groups is 2. The van der Waals surface area contributed by atoms with Crippen LogP contribution >= 0.6 is 0 Å². The van der Waals surface area contributed by atoms with E-state index in [4.69, 9.17) is 0 Å². The van der Waals surface area contributed by atoms with Gasteiger partial charge in [0.1, 0.15) is 0 Å². The Labute approximate surface area is 128 Å². The van der Waals surface area contributed by atoms with Gasteiger partial charge in [-0.1, -0.05) is 0 Å². The molecular weight excluding hydrogens is 284 g/mol. The Morgan fingerprint density at radius 1 is 1.23 bits per heavy atom. The minimum absolute atomic E-state index is 0.00722. The zero-order chi connectivity index (χ0) is 16.1. The molecule has 2 N–H and O–H groups in total. The highest BCUT2D eigenvalue weighted by Crippen LogP contribution is 2.28. The van der Waals surface area contributed by atoms with E-state index in [0.29, 0.717) is 26.1 Å². The van der Waals surface area contributed by atoms with Gasteiger partial charge in [0.05, 0.1) is 18.2 Å². The van der Waals surface area contributed by atoms with Crippen molar-refractivity contribution in [1.82, 2.24) is 20.0 Å². The molecule has 0 aliphatic carbocycles. The van der Waals surface area contributed by atoms with Crippen molar-refractivity contribution in [2.45, 2.75) is 45.7 Å². The number of fused-ring (bicyclic) bond motifs is 1. The number of hydrogen-bond donors (Lipinski definition) is 2. The third-order valence-electron chi connectivity index (χ3n) is 4.54. The average molecular weight is 306 g/mol. The van der Waals surface area contributed by atoms with Gasteiger partial charge in [0.2, 0.25) is 11.8 Å². The number of aromatic nitrogens is 2. The van der Waals surface area contributed by atoms with E-state index in [9.17, 15) is 14.4 Å². The first-order valence-corrected chi connectivity index (χ1v) is 7.65. The molecule has 1 saturated heterocycles. The zero-order valence-electron chi connectivity index (χ0n) is 13.2. The number of rotatable bonds is 1. The largest absolute Gasteiger partial charge is 0.337 e. The number of H-pyrrole nitrogens is 2. The van der Waals surface area contributed by atoms with Crippen LogP contribution in [0.4, 0.5) is 0 Å². The van der Waals surface area contributed by atoms with E-state index in [1.165, 1.54) is 0 Å². The maximum Gasteiger partial charge on any atom is 0.267 e. The van der Waals surface area contributed by atoms with Crippen LogP contribution in [0, 0.1) is 5.92 Å². The lowest BCUT2D eigenvalue weighted by atomic mass is 10.0. The standard InChI is InChI=1S/C15H22N4O3/c1-15(2,3)19-7-9(6-12(19)20)14(22)18-5-4-10-11(8-18)16-17-13(10)21/h9H,4-8H2,1-3H3,(H2,16,17,21). The van der Waals surface area contributed by atoms with Crippen molar-refractivity contribution in [1.29, 1.82) is 0 Å². The maximum absolute atomic E-state index is 12.7. The first-order chi connectivity index (χ1) is 10.3. The van der Waals surface area contributed by atoms with Crippen LogP contribution in [0.3, 0.4) is 0 Å². The Hall–Kier alpha value is -2.05. The lowest BCUT2D eigenvalue weighted by molar-refractivity contribution is -0.136. The van der Waals surface area contributed by atoms with Gasteiger partial charge >= 0.3 is 0 Å². The van der Waals surface area contributed by atoms with Crippen LogP contribution < -0.4 is 5.56 Å². The van der Waals surface area contributed by atoms with E-state index in [2.05, 4.69) is 10.2 Å². The molecule has 1 aromatic heterocycles. The number of nitrogens with one attached hydrogen (secondary N) is 2. The van der Waals surface area contributed by atoms with Crippen LogP contribution in [0.15, 0.2) is 4.79 Å². The summed E-state index contributed by atoms with van der Waals surface area (Å²) < 4.78 is 0. The summed E-state index contributed by atoms with van der Waals surface area (Å²) in [4.78, 5) is 39.9. The van der Waals surface area contributed by atoms with E-state index in [-0.39, 0.29) is 35.3 Å². The summed E-state index contributed by atoms with van der Waals surface area (Å²) in [7, 11) is 0. The van der Waals surface area contributed by atoms with Crippen molar-refractivity contribution in [2.24, 2.45) is 5.92 Å². The molecule has 1 unspecified atom stereocenters. The molecule has 0 saturated carbocycles. The topological polar surface area (TPSA) is 89.3 Å². The second-order valence-electron chi connectivity index (χ2n) is 7.12. The fraction of sp³-hybridized carbons (Fsp3) is 0.667. The van der Waals surface area contributed by atoms with Crippen molar-refractivity contribution in [3.8, 4) is 0 Å². The number of aromatic amines is 2. The summed E-state index contributed by atoms with van der Waals surface area (Å²) in [5.41, 5.74) is 1.16. The van der Waals surface area contributed by atoms with Crippen molar-refractivity contribution < 1.29 is 9.59 Å². The summed E-state index contributed by atoms with van der Waals surface area (Å²) in [6.45, 7) is 7.37. The van der Waals surface area contributed by atoms with E-state index in [1.54, 1.807) is 9.80 Å². The van der Waals surface area contributed by atoms with Gasteiger partial charge < -0.3 is 14.9 Å². The monoisotopic (exact) mass is 306 g/mol. The molecule has 0 aromatic carbocycles. The molecule has 1 aromatic rings. The third-order valence-corrected chi connectivity index (χ3v) is 4.54. The predicted molar refractivity (Wildman–Crippen MR) is 80.1 cm³/mol. The number of nitrogens with zero attached hydrogens (tertiary/aromatic N) is 2. The number of carbonyl (C=O) groups excluding carboxylic acids is 2. The second-order valence-corrected chi connectivity index (χ2v) is 7.12. The molecular formula is C15H22N4O3. The van der Waals surface area contributed by atoms with Crippen molar-refractivity contribution >= 4 is 11.8 Å². The lowest BCUT2D eigenvalue weighted by Gasteiger charge is -2.33. The van der Waals surface area contributed by atoms with E-state index >= 15 is 0 Å². The molecule has 3 heterocycles. The third kappa shape index (κ3) is 2.44. The van der Waals surface area contributed by atoms with Gasteiger partial charge in [0, 0.05) is 30.6 Å². The molecule has 2 aliphatic rings. The molecule has 22 heavy (non-hydrogen) atoms. The number of amides is 2. The minimum atomic E-state index is -0.279. The van der Waals surface area contributed by atoms with Gasteiger partial charge in [-0.25, -0.2) is 0 Å². The summed E-state index contributed by atoms with van der Waals surface area (Å²) in [5, 5.41) is 5.40. The fourth-order valence-electron chi connectivity index (χ4n) is 3.30. The summed E-state index contributed by atoms with van der Waals surface area (Å²) >= 11 is 0. The van der Waals surface area contributed by atoms with Gasteiger partial charge in [-0.2, -0.15) is 0 Å². The lowest BCUT2D eigenvalue weighted by Crippen LogP contribution is -2.44. The van der Waals surface area contributed by atoms with Crippen molar-refractivity contribution in [3.05, 3.63) is 21.6 Å². The summed E-state index contributed by atoms with van der Waals surface area (Å²) in [6, 6.07) is 0. The van der Waals surface area contributed by atoms with Gasteiger partial charge in [-0.15, -0.1) is 0 Å². The Balaban J connectivity index is 1.71. The summed E-state index contributed by atoms with van der Waals surface area (Å²) in [6.07, 6.45) is 0.840. The summed E-state index contributed by atoms with van der Waals surface area (Å²) in [5.74, 6) is -0.231. The van der Waals surface area contributed by atoms with Gasteiger partial charge in [-0.3, -0.25) is 19.5 Å². The number of likely N-dealkylation sites (tertiary alicyclic amines) is 1. The minimum Gasteiger partial charge on any atom is -0.337 e. The van der Waals surface area contributed by atoms with Crippen LogP contribution in [0.25, 0.3) is 0 Å². The van der Waals surface area contributed by atoms with E-state index in [0.717, 1.165) is 11.3 Å². The van der Waals surface area contributed by atoms with E-state index in [1.807, 2.05) is 20.8 Å². The molecule has 0 bridgehead atoms. The molecule has 7 heteroatoms. The Kier molecular flexibility index (Phi) is 3.38. The molecule has 1 atom stereocenters. The molecule has 2 amide bonds. The van der Waals surface area contributed by atoms with Crippen LogP contribution in [0.2, 0.25) is 0 Å². The first kappa shape index (κ1) is 14.9. The fourth-order valence-corrected chi connectivity index (χ4v) is 3.30. The molecule has 3 rings (SSSR count). The zero-order valence-corrected chi connectivity index (χ0v) is 13.2. The molecule has 7 nitrogen and oxygen atoms in total. The average Bonchev–Trinajstić information content (AvgIpc) is 3.01. The SMILES string of the molecule is CC(C)(C)N1CC(C(=O)N2CCc3c([nH][nH]c3=O)C2)CC1=O. The predicted octanol–water partition coefficient (Wildman–Crippen LogP) is 0.235. The van der Waals surface area contributed by atoms with Crippen LogP contribution in [0.5, 0.6) is 0 Å². The van der Waals surface area contributed by atoms with Crippen LogP contribution in [0.1, 0.15) is 38.4 Å². The van der Waals surface area contributed by atoms with Gasteiger partial charge in [0.25, 0.3) is 5.56 Å². The molecule has 120 valence electrons. The Morgan fingerprint density at radius 3 is 2.59 bits per heavy atom. The van der Waals surface area contributed by atoms with E-state index < -0.39 is 0 Å². The molecule has 2 aliphatic heterocycles. The number of hydrogen-bond acceptors (Lipinski definition) is 3. The highest BCUT2D eigenvalue weighted by Gasteiger charge is 2.41. The quantitative estimate of drug-likeness (QED) is 0.778.